The Labute approximate surface area is 304 Å². The minimum absolute atomic E-state index is 0.00857. The highest BCUT2D eigenvalue weighted by Crippen LogP contribution is 2.21. The number of carbonyl (C=O) groups excluding carboxylic acids is 3. The molecule has 3 rings (SSSR count). The molecule has 10 nitrogen and oxygen atoms in total. The molecule has 0 fully saturated rings. The van der Waals surface area contributed by atoms with Crippen LogP contribution in [0.1, 0.15) is 78.4 Å². The van der Waals surface area contributed by atoms with Gasteiger partial charge >= 0.3 is 6.09 Å². The number of aliphatic hydroxyl groups is 2. The van der Waals surface area contributed by atoms with Crippen molar-refractivity contribution in [1.29, 1.82) is 0 Å². The summed E-state index contributed by atoms with van der Waals surface area (Å²) in [5.41, 5.74) is 1.68. The molecular formula is C41H60N4O6. The van der Waals surface area contributed by atoms with E-state index in [0.717, 1.165) is 28.3 Å². The van der Waals surface area contributed by atoms with E-state index in [9.17, 15) is 24.6 Å². The molecule has 280 valence electrons. The lowest BCUT2D eigenvalue weighted by molar-refractivity contribution is -0.132. The molecule has 0 aromatic heterocycles. The van der Waals surface area contributed by atoms with Crippen LogP contribution in [-0.2, 0) is 27.4 Å². The topological polar surface area (TPSA) is 149 Å². The first-order valence-electron chi connectivity index (χ1n) is 18.5. The van der Waals surface area contributed by atoms with Crippen molar-refractivity contribution in [2.45, 2.75) is 111 Å². The molecule has 3 aromatic rings. The van der Waals surface area contributed by atoms with Gasteiger partial charge in [-0.15, -0.1) is 0 Å². The summed E-state index contributed by atoms with van der Waals surface area (Å²) >= 11 is 0. The van der Waals surface area contributed by atoms with Crippen LogP contribution < -0.4 is 21.3 Å². The van der Waals surface area contributed by atoms with E-state index in [1.807, 2.05) is 100 Å². The van der Waals surface area contributed by atoms with Crippen LogP contribution >= 0.6 is 0 Å². The number of alkyl carbamates (subject to hydrolysis) is 1. The van der Waals surface area contributed by atoms with Gasteiger partial charge in [0.25, 0.3) is 0 Å². The quantitative estimate of drug-likeness (QED) is 0.0860. The van der Waals surface area contributed by atoms with Gasteiger partial charge in [0.2, 0.25) is 11.8 Å². The van der Waals surface area contributed by atoms with E-state index < -0.39 is 42.1 Å². The number of carbonyl (C=O) groups is 3. The van der Waals surface area contributed by atoms with Crippen LogP contribution in [0.2, 0.25) is 0 Å². The fraction of sp³-hybridized carbons (Fsp3) is 0.537. The molecule has 0 saturated heterocycles. The summed E-state index contributed by atoms with van der Waals surface area (Å²) in [5.74, 6) is -0.667. The van der Waals surface area contributed by atoms with E-state index in [-0.39, 0.29) is 43.4 Å². The monoisotopic (exact) mass is 704 g/mol. The zero-order valence-corrected chi connectivity index (χ0v) is 31.2. The molecular weight excluding hydrogens is 644 g/mol. The maximum Gasteiger partial charge on any atom is 0.408 e. The SMILES string of the molecule is CCC(C)[C@H](NC(=O)[C@H](Cc1cccc2ccccc12)NC(=O)OCc1ccccc1)C(=O)NC(CC(C)C)C(O)CCN[C@H](CO)C(C)CC. The molecule has 0 bridgehead atoms. The lowest BCUT2D eigenvalue weighted by Gasteiger charge is -2.31. The van der Waals surface area contributed by atoms with E-state index in [0.29, 0.717) is 25.8 Å². The lowest BCUT2D eigenvalue weighted by atomic mass is 9.93. The van der Waals surface area contributed by atoms with Crippen molar-refractivity contribution in [3.63, 3.8) is 0 Å². The van der Waals surface area contributed by atoms with Gasteiger partial charge in [0, 0.05) is 12.5 Å². The second-order valence-electron chi connectivity index (χ2n) is 14.2. The van der Waals surface area contributed by atoms with E-state index in [4.69, 9.17) is 4.74 Å². The largest absolute Gasteiger partial charge is 0.445 e. The van der Waals surface area contributed by atoms with Crippen molar-refractivity contribution in [1.82, 2.24) is 21.3 Å². The fourth-order valence-electron chi connectivity index (χ4n) is 6.20. The first kappa shape index (κ1) is 41.4. The molecule has 0 saturated carbocycles. The first-order chi connectivity index (χ1) is 24.5. The summed E-state index contributed by atoms with van der Waals surface area (Å²) in [6.07, 6.45) is 1.05. The Morgan fingerprint density at radius 1 is 0.765 bits per heavy atom. The minimum Gasteiger partial charge on any atom is -0.445 e. The Hall–Kier alpha value is -3.99. The number of aliphatic hydroxyl groups excluding tert-OH is 2. The summed E-state index contributed by atoms with van der Waals surface area (Å²) in [7, 11) is 0. The van der Waals surface area contributed by atoms with E-state index in [1.165, 1.54) is 0 Å². The van der Waals surface area contributed by atoms with Crippen molar-refractivity contribution in [2.75, 3.05) is 13.2 Å². The molecule has 3 amide bonds. The number of rotatable bonds is 21. The molecule has 0 aliphatic rings. The highest BCUT2D eigenvalue weighted by Gasteiger charge is 2.33. The maximum atomic E-state index is 14.1. The predicted octanol–water partition coefficient (Wildman–Crippen LogP) is 5.49. The van der Waals surface area contributed by atoms with Crippen LogP contribution in [0, 0.1) is 17.8 Å². The highest BCUT2D eigenvalue weighted by molar-refractivity contribution is 5.93. The molecule has 0 spiro atoms. The Morgan fingerprint density at radius 3 is 2.10 bits per heavy atom. The van der Waals surface area contributed by atoms with Crippen LogP contribution in [0.15, 0.2) is 72.8 Å². The van der Waals surface area contributed by atoms with Crippen molar-refractivity contribution in [3.05, 3.63) is 83.9 Å². The number of benzene rings is 3. The number of hydrogen-bond acceptors (Lipinski definition) is 7. The predicted molar refractivity (Wildman–Crippen MR) is 203 cm³/mol. The van der Waals surface area contributed by atoms with Gasteiger partial charge in [0.05, 0.1) is 18.8 Å². The van der Waals surface area contributed by atoms with Crippen LogP contribution in [0.25, 0.3) is 10.8 Å². The molecule has 3 aromatic carbocycles. The van der Waals surface area contributed by atoms with E-state index in [1.54, 1.807) is 0 Å². The van der Waals surface area contributed by atoms with Gasteiger partial charge in [0.15, 0.2) is 0 Å². The number of nitrogens with one attached hydrogen (secondary N) is 4. The lowest BCUT2D eigenvalue weighted by Crippen LogP contribution is -2.58. The van der Waals surface area contributed by atoms with E-state index >= 15 is 0 Å². The van der Waals surface area contributed by atoms with Crippen molar-refractivity contribution in [2.24, 2.45) is 17.8 Å². The standard InChI is InChI=1S/C41H60N4O6/c1-7-28(5)36(25-46)42-22-21-37(47)34(23-27(3)4)43-40(49)38(29(6)8-2)45-39(48)35(44-41(50)51-26-30-15-10-9-11-16-30)24-32-19-14-18-31-17-12-13-20-33(31)32/h9-20,27-29,34-38,42,46-47H,7-8,21-26H2,1-6H3,(H,43,49)(H,44,50)(H,45,48)/t28?,29?,34?,35-,36+,37?,38-/m0/s1. The highest BCUT2D eigenvalue weighted by atomic mass is 16.5. The summed E-state index contributed by atoms with van der Waals surface area (Å²) in [6.45, 7) is 12.6. The van der Waals surface area contributed by atoms with Crippen LogP contribution in [0.4, 0.5) is 4.79 Å². The molecule has 6 N–H and O–H groups in total. The van der Waals surface area contributed by atoms with Crippen molar-refractivity contribution >= 4 is 28.7 Å². The summed E-state index contributed by atoms with van der Waals surface area (Å²) in [5, 5.41) is 35.1. The maximum absolute atomic E-state index is 14.1. The van der Waals surface area contributed by atoms with Gasteiger partial charge in [-0.05, 0) is 59.0 Å². The van der Waals surface area contributed by atoms with Gasteiger partial charge in [-0.25, -0.2) is 4.79 Å². The average Bonchev–Trinajstić information content (AvgIpc) is 3.13. The third-order valence-electron chi connectivity index (χ3n) is 9.81. The summed E-state index contributed by atoms with van der Waals surface area (Å²) in [4.78, 5) is 41.2. The Bertz CT molecular complexity index is 1500. The average molecular weight is 705 g/mol. The van der Waals surface area contributed by atoms with Gasteiger partial charge in [-0.3, -0.25) is 9.59 Å². The van der Waals surface area contributed by atoms with Gasteiger partial charge in [-0.2, -0.15) is 0 Å². The van der Waals surface area contributed by atoms with Crippen LogP contribution in [0.3, 0.4) is 0 Å². The molecule has 0 radical (unpaired) electrons. The van der Waals surface area contributed by atoms with Crippen LogP contribution in [0.5, 0.6) is 0 Å². The summed E-state index contributed by atoms with van der Waals surface area (Å²) < 4.78 is 5.49. The number of amides is 3. The zero-order valence-electron chi connectivity index (χ0n) is 31.2. The second-order valence-corrected chi connectivity index (χ2v) is 14.2. The summed E-state index contributed by atoms with van der Waals surface area (Å²) in [6, 6.07) is 20.4. The number of fused-ring (bicyclic) bond motifs is 1. The molecule has 51 heavy (non-hydrogen) atoms. The zero-order chi connectivity index (χ0) is 37.3. The third kappa shape index (κ3) is 13.3. The minimum atomic E-state index is -1.04. The molecule has 10 heteroatoms. The van der Waals surface area contributed by atoms with Gasteiger partial charge < -0.3 is 36.2 Å². The molecule has 4 unspecified atom stereocenters. The van der Waals surface area contributed by atoms with Gasteiger partial charge in [-0.1, -0.05) is 127 Å². The van der Waals surface area contributed by atoms with Crippen LogP contribution in [-0.4, -0.2) is 71.5 Å². The smallest absolute Gasteiger partial charge is 0.408 e. The van der Waals surface area contributed by atoms with Gasteiger partial charge in [0.1, 0.15) is 18.7 Å². The second kappa shape index (κ2) is 21.4. The number of hydrogen-bond donors (Lipinski definition) is 6. The first-order valence-corrected chi connectivity index (χ1v) is 18.5. The Kier molecular flexibility index (Phi) is 17.4. The Balaban J connectivity index is 1.79. The third-order valence-corrected chi connectivity index (χ3v) is 9.81. The van der Waals surface area contributed by atoms with Crippen molar-refractivity contribution < 1.29 is 29.3 Å². The normalized spacial score (nSPS) is 15.6. The molecule has 0 aliphatic carbocycles. The van der Waals surface area contributed by atoms with Crippen molar-refractivity contribution in [3.8, 4) is 0 Å². The molecule has 0 heterocycles. The Morgan fingerprint density at radius 2 is 1.43 bits per heavy atom. The van der Waals surface area contributed by atoms with E-state index in [2.05, 4.69) is 35.1 Å². The molecule has 0 aliphatic heterocycles. The molecule has 7 atom stereocenters. The number of ether oxygens (including phenoxy) is 1. The fourth-order valence-corrected chi connectivity index (χ4v) is 6.20.